The fourth-order valence-electron chi connectivity index (χ4n) is 5.81. The largest absolute Gasteiger partial charge is 0.472 e. The van der Waals surface area contributed by atoms with Crippen molar-refractivity contribution >= 4 is 19.6 Å². The van der Waals surface area contributed by atoms with Crippen molar-refractivity contribution in [2.45, 2.75) is 161 Å². The van der Waals surface area contributed by atoms with Gasteiger partial charge in [0.2, 0.25) is 11.8 Å². The third kappa shape index (κ3) is 32.8. The first kappa shape index (κ1) is 48.9. The number of ether oxygens (including phenoxy) is 1. The van der Waals surface area contributed by atoms with Gasteiger partial charge in [-0.25, -0.2) is 4.57 Å². The van der Waals surface area contributed by atoms with E-state index in [0.717, 1.165) is 32.1 Å². The maximum Gasteiger partial charge on any atom is 0.472 e. The molecule has 4 N–H and O–H groups in total. The maximum absolute atomic E-state index is 13.0. The third-order valence-corrected chi connectivity index (χ3v) is 10.1. The van der Waals surface area contributed by atoms with Crippen molar-refractivity contribution in [3.05, 3.63) is 0 Å². The molecule has 2 unspecified atom stereocenters. The number of unbranched alkanes of at least 4 members (excludes halogenated alkanes) is 19. The number of hydrogen-bond donors (Lipinski definition) is 4. The number of nitrogens with one attached hydrogen (secondary N) is 2. The molecule has 0 spiro atoms. The number of likely N-dealkylation sites (N-methyl/N-ethyl adjacent to an activating group) is 1. The lowest BCUT2D eigenvalue weighted by molar-refractivity contribution is -0.870. The highest BCUT2D eigenvalue weighted by Gasteiger charge is 2.28. The van der Waals surface area contributed by atoms with E-state index in [9.17, 15) is 24.2 Å². The van der Waals surface area contributed by atoms with Gasteiger partial charge in [0.25, 0.3) is 0 Å². The second-order valence-corrected chi connectivity index (χ2v) is 16.6. The van der Waals surface area contributed by atoms with Crippen molar-refractivity contribution in [1.82, 2.24) is 10.6 Å². The van der Waals surface area contributed by atoms with Gasteiger partial charge in [0.15, 0.2) is 0 Å². The van der Waals surface area contributed by atoms with Crippen LogP contribution in [0.25, 0.3) is 0 Å². The topological polar surface area (TPSA) is 143 Å². The molecule has 2 amide bonds. The Kier molecular flexibility index (Phi) is 31.9. The Morgan fingerprint density at radius 3 is 1.68 bits per heavy atom. The summed E-state index contributed by atoms with van der Waals surface area (Å²) >= 11 is 0. The van der Waals surface area contributed by atoms with Gasteiger partial charge in [-0.3, -0.25) is 18.6 Å². The average molecular weight is 737 g/mol. The summed E-state index contributed by atoms with van der Waals surface area (Å²) in [6, 6.07) is -1.12. The minimum Gasteiger partial charge on any atom is -0.396 e. The quantitative estimate of drug-likeness (QED) is 0.0289. The molecule has 0 saturated carbocycles. The highest BCUT2D eigenvalue weighted by atomic mass is 31.2. The van der Waals surface area contributed by atoms with Gasteiger partial charge >= 0.3 is 7.82 Å². The number of aliphatic hydroxyl groups excluding tert-OH is 1. The zero-order valence-electron chi connectivity index (χ0n) is 32.9. The van der Waals surface area contributed by atoms with Crippen LogP contribution >= 0.6 is 7.82 Å². The Morgan fingerprint density at radius 2 is 1.22 bits per heavy atom. The molecule has 0 aromatic rings. The first-order valence-corrected chi connectivity index (χ1v) is 21.5. The van der Waals surface area contributed by atoms with Crippen LogP contribution in [0.5, 0.6) is 0 Å². The van der Waals surface area contributed by atoms with Crippen LogP contribution < -0.4 is 10.6 Å². The number of aliphatic hydroxyl groups is 1. The molecular weight excluding hydrogens is 657 g/mol. The zero-order valence-corrected chi connectivity index (χ0v) is 33.8. The third-order valence-electron chi connectivity index (χ3n) is 9.08. The Bertz CT molecular complexity index is 858. The highest BCUT2D eigenvalue weighted by Crippen LogP contribution is 2.43. The molecule has 298 valence electrons. The van der Waals surface area contributed by atoms with Crippen molar-refractivity contribution in [2.75, 3.05) is 67.8 Å². The SMILES string of the molecule is CCCCCCCCCCCCCCCCCCCCCC(=O)N[C@@H](COP(=O)(O)OCC[N+](C)(C)C)C(=O)NCCCCC(CO)COC. The zero-order chi connectivity index (χ0) is 37.4. The molecule has 11 nitrogen and oxygen atoms in total. The standard InChI is InChI=1S/C38H78N3O8P/c1-6-7-8-9-10-11-12-13-14-15-16-17-18-19-20-21-22-23-24-28-37(43)40-36(34-49-50(45,46)48-31-30-41(2,3)4)38(44)39-29-26-25-27-35(32-42)33-47-5/h35-36,42H,6-34H2,1-5H3,(H2-,39,40,43,44,45,46)/p+1/t35?,36-/m0/s1. The Balaban J connectivity index is 4.30. The lowest BCUT2D eigenvalue weighted by Gasteiger charge is -2.24. The Hall–Kier alpha value is -1.07. The molecule has 12 heteroatoms. The van der Waals surface area contributed by atoms with Crippen molar-refractivity contribution in [2.24, 2.45) is 5.92 Å². The summed E-state index contributed by atoms with van der Waals surface area (Å²) in [6.07, 6.45) is 26.9. The summed E-state index contributed by atoms with van der Waals surface area (Å²) in [5.41, 5.74) is 0. The van der Waals surface area contributed by atoms with E-state index >= 15 is 0 Å². The highest BCUT2D eigenvalue weighted by molar-refractivity contribution is 7.47. The second-order valence-electron chi connectivity index (χ2n) is 15.1. The molecular formula is C38H79N3O8P+. The molecule has 3 atom stereocenters. The fraction of sp³-hybridized carbons (Fsp3) is 0.947. The maximum atomic E-state index is 13.0. The minimum atomic E-state index is -4.41. The molecule has 0 aliphatic rings. The van der Waals surface area contributed by atoms with E-state index in [1.165, 1.54) is 103 Å². The minimum absolute atomic E-state index is 0.0117. The molecule has 0 aliphatic heterocycles. The predicted molar refractivity (Wildman–Crippen MR) is 204 cm³/mol. The van der Waals surface area contributed by atoms with Gasteiger partial charge in [-0.2, -0.15) is 0 Å². The number of phosphoric acid groups is 1. The Morgan fingerprint density at radius 1 is 0.720 bits per heavy atom. The summed E-state index contributed by atoms with van der Waals surface area (Å²) in [5, 5.41) is 14.9. The van der Waals surface area contributed by atoms with Gasteiger partial charge < -0.3 is 29.9 Å². The number of amides is 2. The Labute approximate surface area is 306 Å². The lowest BCUT2D eigenvalue weighted by atomic mass is 10.0. The van der Waals surface area contributed by atoms with Crippen LogP contribution in [0.1, 0.15) is 155 Å². The van der Waals surface area contributed by atoms with E-state index in [0.29, 0.717) is 30.6 Å². The molecule has 0 aliphatic carbocycles. The fourth-order valence-corrected chi connectivity index (χ4v) is 6.53. The monoisotopic (exact) mass is 737 g/mol. The first-order chi connectivity index (χ1) is 23.9. The number of rotatable bonds is 37. The van der Waals surface area contributed by atoms with E-state index in [4.69, 9.17) is 13.8 Å². The molecule has 0 bridgehead atoms. The van der Waals surface area contributed by atoms with Gasteiger partial charge in [-0.15, -0.1) is 0 Å². The summed E-state index contributed by atoms with van der Waals surface area (Å²) in [7, 11) is 3.00. The van der Waals surface area contributed by atoms with E-state index in [-0.39, 0.29) is 31.5 Å². The molecule has 0 heterocycles. The van der Waals surface area contributed by atoms with Crippen LogP contribution in [-0.2, 0) is 27.9 Å². The average Bonchev–Trinajstić information content (AvgIpc) is 3.06. The van der Waals surface area contributed by atoms with E-state index in [2.05, 4.69) is 17.6 Å². The van der Waals surface area contributed by atoms with E-state index < -0.39 is 26.4 Å². The van der Waals surface area contributed by atoms with Crippen LogP contribution in [0.3, 0.4) is 0 Å². The van der Waals surface area contributed by atoms with Gasteiger partial charge in [0, 0.05) is 32.6 Å². The number of phosphoric ester groups is 1. The van der Waals surface area contributed by atoms with Gasteiger partial charge in [0.1, 0.15) is 19.2 Å². The summed E-state index contributed by atoms with van der Waals surface area (Å²) in [4.78, 5) is 35.9. The van der Waals surface area contributed by atoms with Gasteiger partial charge in [0.05, 0.1) is 34.4 Å². The summed E-state index contributed by atoms with van der Waals surface area (Å²) in [5.74, 6) is -0.714. The van der Waals surface area contributed by atoms with Gasteiger partial charge in [-0.05, 0) is 19.3 Å². The summed E-state index contributed by atoms with van der Waals surface area (Å²) in [6.45, 7) is 3.19. The molecule has 0 rings (SSSR count). The van der Waals surface area contributed by atoms with E-state index in [1.807, 2.05) is 21.1 Å². The molecule has 0 fully saturated rings. The predicted octanol–water partition coefficient (Wildman–Crippen LogP) is 7.67. The molecule has 50 heavy (non-hydrogen) atoms. The molecule has 0 radical (unpaired) electrons. The van der Waals surface area contributed by atoms with Crippen LogP contribution in [0.4, 0.5) is 0 Å². The number of quaternary nitrogens is 1. The smallest absolute Gasteiger partial charge is 0.396 e. The van der Waals surface area contributed by atoms with Gasteiger partial charge in [-0.1, -0.05) is 129 Å². The van der Waals surface area contributed by atoms with E-state index in [1.54, 1.807) is 7.11 Å². The van der Waals surface area contributed by atoms with Crippen LogP contribution in [0.15, 0.2) is 0 Å². The van der Waals surface area contributed by atoms with Crippen molar-refractivity contribution < 1.29 is 42.4 Å². The van der Waals surface area contributed by atoms with Crippen molar-refractivity contribution in [3.63, 3.8) is 0 Å². The van der Waals surface area contributed by atoms with Crippen LogP contribution in [0, 0.1) is 5.92 Å². The molecule has 0 saturated heterocycles. The number of nitrogens with zero attached hydrogens (tertiary/aromatic N) is 1. The summed E-state index contributed by atoms with van der Waals surface area (Å²) < 4.78 is 28.3. The number of carbonyl (C=O) groups excluding carboxylic acids is 2. The number of hydrogen-bond acceptors (Lipinski definition) is 7. The first-order valence-electron chi connectivity index (χ1n) is 20.0. The second kappa shape index (κ2) is 32.6. The van der Waals surface area contributed by atoms with Crippen molar-refractivity contribution in [3.8, 4) is 0 Å². The normalized spacial score (nSPS) is 14.3. The number of carbonyl (C=O) groups is 2. The molecule has 0 aromatic heterocycles. The number of methoxy groups -OCH3 is 1. The lowest BCUT2D eigenvalue weighted by Crippen LogP contribution is -2.49. The van der Waals surface area contributed by atoms with Crippen molar-refractivity contribution in [1.29, 1.82) is 0 Å². The molecule has 0 aromatic carbocycles. The van der Waals surface area contributed by atoms with Crippen LogP contribution in [0.2, 0.25) is 0 Å². The van der Waals surface area contributed by atoms with Crippen LogP contribution in [-0.4, -0.2) is 100 Å².